The Bertz CT molecular complexity index is 223. The molecule has 0 bridgehead atoms. The van der Waals surface area contributed by atoms with E-state index >= 15 is 0 Å². The zero-order chi connectivity index (χ0) is 11.1. The van der Waals surface area contributed by atoms with Gasteiger partial charge in [-0.2, -0.15) is 0 Å². The number of ether oxygens (including phenoxy) is 1. The first-order valence-corrected chi connectivity index (χ1v) is 5.76. The zero-order valence-corrected chi connectivity index (χ0v) is 9.32. The molecule has 0 aliphatic carbocycles. The third-order valence-electron chi connectivity index (χ3n) is 2.52. The molecule has 0 aromatic rings. The van der Waals surface area contributed by atoms with Crippen molar-refractivity contribution in [2.45, 2.75) is 57.7 Å². The van der Waals surface area contributed by atoms with Crippen LogP contribution in [0.25, 0.3) is 0 Å². The number of aliphatic hydroxyl groups is 1. The molecule has 0 saturated heterocycles. The largest absolute Gasteiger partial charge is 0.462 e. The van der Waals surface area contributed by atoms with Crippen molar-refractivity contribution in [2.24, 2.45) is 0 Å². The summed E-state index contributed by atoms with van der Waals surface area (Å²) in [6.45, 7) is 2.05. The Balaban J connectivity index is 2.55. The Labute approximate surface area is 91.1 Å². The molecule has 2 atom stereocenters. The van der Waals surface area contributed by atoms with E-state index in [1.165, 1.54) is 0 Å². The summed E-state index contributed by atoms with van der Waals surface area (Å²) < 4.78 is 5.30. The van der Waals surface area contributed by atoms with Crippen LogP contribution in [0.5, 0.6) is 0 Å². The van der Waals surface area contributed by atoms with Gasteiger partial charge in [0, 0.05) is 12.8 Å². The van der Waals surface area contributed by atoms with E-state index < -0.39 is 6.10 Å². The van der Waals surface area contributed by atoms with Gasteiger partial charge in [-0.25, -0.2) is 0 Å². The highest BCUT2D eigenvalue weighted by atomic mass is 16.5. The van der Waals surface area contributed by atoms with Crippen molar-refractivity contribution < 1.29 is 14.6 Å². The Morgan fingerprint density at radius 2 is 2.40 bits per heavy atom. The van der Waals surface area contributed by atoms with E-state index in [0.29, 0.717) is 12.8 Å². The second-order valence-corrected chi connectivity index (χ2v) is 4.02. The molecule has 3 nitrogen and oxygen atoms in total. The second kappa shape index (κ2) is 6.62. The topological polar surface area (TPSA) is 46.5 Å². The lowest BCUT2D eigenvalue weighted by Gasteiger charge is -2.20. The van der Waals surface area contributed by atoms with Gasteiger partial charge in [0.15, 0.2) is 0 Å². The average Bonchev–Trinajstić information content (AvgIpc) is 2.17. The quantitative estimate of drug-likeness (QED) is 0.563. The Morgan fingerprint density at radius 3 is 3.13 bits per heavy atom. The van der Waals surface area contributed by atoms with E-state index in [9.17, 15) is 9.90 Å². The van der Waals surface area contributed by atoms with Crippen LogP contribution in [0, 0.1) is 0 Å². The monoisotopic (exact) mass is 212 g/mol. The molecule has 0 radical (unpaired) electrons. The van der Waals surface area contributed by atoms with E-state index in [1.54, 1.807) is 0 Å². The van der Waals surface area contributed by atoms with Crippen molar-refractivity contribution in [3.05, 3.63) is 12.2 Å². The molecular formula is C12H20O3. The smallest absolute Gasteiger partial charge is 0.306 e. The summed E-state index contributed by atoms with van der Waals surface area (Å²) in [4.78, 5) is 11.4. The standard InChI is InChI=1S/C12H20O3/c1-2-6-11-9-10(13)7-4-3-5-8-12(14)15-11/h4,7,10-11,13H,2-3,5-6,8-9H2,1H3/b7-4+/t10-,11?/m0/s1. The molecule has 0 aromatic heterocycles. The van der Waals surface area contributed by atoms with E-state index in [1.807, 2.05) is 12.2 Å². The van der Waals surface area contributed by atoms with E-state index in [2.05, 4.69) is 6.92 Å². The van der Waals surface area contributed by atoms with Gasteiger partial charge in [-0.15, -0.1) is 0 Å². The van der Waals surface area contributed by atoms with Gasteiger partial charge < -0.3 is 9.84 Å². The lowest BCUT2D eigenvalue weighted by molar-refractivity contribution is -0.150. The molecule has 0 spiro atoms. The number of carbonyl (C=O) groups is 1. The fourth-order valence-electron chi connectivity index (χ4n) is 1.76. The molecular weight excluding hydrogens is 192 g/mol. The molecule has 1 unspecified atom stereocenters. The van der Waals surface area contributed by atoms with Crippen LogP contribution >= 0.6 is 0 Å². The Kier molecular flexibility index (Phi) is 5.40. The van der Waals surface area contributed by atoms with Crippen molar-refractivity contribution in [2.75, 3.05) is 0 Å². The zero-order valence-electron chi connectivity index (χ0n) is 9.32. The molecule has 15 heavy (non-hydrogen) atoms. The van der Waals surface area contributed by atoms with Crippen LogP contribution in [0.3, 0.4) is 0 Å². The SMILES string of the molecule is CCCC1C[C@@H](O)/C=C/CCCC(=O)O1. The molecule has 1 N–H and O–H groups in total. The van der Waals surface area contributed by atoms with Gasteiger partial charge in [0.25, 0.3) is 0 Å². The number of hydrogen-bond donors (Lipinski definition) is 1. The van der Waals surface area contributed by atoms with Gasteiger partial charge in [0.2, 0.25) is 0 Å². The van der Waals surface area contributed by atoms with Crippen LogP contribution in [0.15, 0.2) is 12.2 Å². The van der Waals surface area contributed by atoms with E-state index in [-0.39, 0.29) is 12.1 Å². The van der Waals surface area contributed by atoms with E-state index in [0.717, 1.165) is 25.7 Å². The first-order valence-electron chi connectivity index (χ1n) is 5.76. The molecule has 3 heteroatoms. The van der Waals surface area contributed by atoms with Crippen molar-refractivity contribution in [1.82, 2.24) is 0 Å². The number of esters is 1. The third kappa shape index (κ3) is 4.98. The number of carbonyl (C=O) groups excluding carboxylic acids is 1. The maximum Gasteiger partial charge on any atom is 0.306 e. The summed E-state index contributed by atoms with van der Waals surface area (Å²) in [5.74, 6) is -0.129. The lowest BCUT2D eigenvalue weighted by atomic mass is 10.1. The van der Waals surface area contributed by atoms with Gasteiger partial charge in [-0.05, 0) is 19.3 Å². The van der Waals surface area contributed by atoms with Crippen LogP contribution < -0.4 is 0 Å². The molecule has 0 aromatic carbocycles. The maximum absolute atomic E-state index is 11.4. The predicted molar refractivity (Wildman–Crippen MR) is 58.4 cm³/mol. The number of rotatable bonds is 2. The Hall–Kier alpha value is -0.830. The highest BCUT2D eigenvalue weighted by molar-refractivity contribution is 5.69. The molecule has 0 saturated carbocycles. The molecule has 86 valence electrons. The van der Waals surface area contributed by atoms with Gasteiger partial charge >= 0.3 is 5.97 Å². The van der Waals surface area contributed by atoms with Gasteiger partial charge in [0.1, 0.15) is 6.10 Å². The third-order valence-corrected chi connectivity index (χ3v) is 2.52. The van der Waals surface area contributed by atoms with Crippen molar-refractivity contribution in [3.8, 4) is 0 Å². The van der Waals surface area contributed by atoms with Crippen molar-refractivity contribution >= 4 is 5.97 Å². The molecule has 0 amide bonds. The number of allylic oxidation sites excluding steroid dienone is 1. The summed E-state index contributed by atoms with van der Waals surface area (Å²) in [5.41, 5.74) is 0. The molecule has 1 aliphatic rings. The lowest BCUT2D eigenvalue weighted by Crippen LogP contribution is -2.23. The summed E-state index contributed by atoms with van der Waals surface area (Å²) >= 11 is 0. The summed E-state index contributed by atoms with van der Waals surface area (Å²) in [7, 11) is 0. The predicted octanol–water partition coefficient (Wildman–Crippen LogP) is 2.19. The highest BCUT2D eigenvalue weighted by Gasteiger charge is 2.17. The molecule has 1 heterocycles. The van der Waals surface area contributed by atoms with Gasteiger partial charge in [-0.1, -0.05) is 25.5 Å². The van der Waals surface area contributed by atoms with Gasteiger partial charge in [-0.3, -0.25) is 4.79 Å². The molecule has 1 aliphatic heterocycles. The normalized spacial score (nSPS) is 30.7. The van der Waals surface area contributed by atoms with Crippen LogP contribution in [0.4, 0.5) is 0 Å². The van der Waals surface area contributed by atoms with Crippen LogP contribution in [-0.4, -0.2) is 23.3 Å². The summed E-state index contributed by atoms with van der Waals surface area (Å²) in [5, 5.41) is 9.64. The van der Waals surface area contributed by atoms with Crippen LogP contribution in [0.2, 0.25) is 0 Å². The van der Waals surface area contributed by atoms with Crippen molar-refractivity contribution in [1.29, 1.82) is 0 Å². The van der Waals surface area contributed by atoms with Crippen LogP contribution in [-0.2, 0) is 9.53 Å². The number of hydrogen-bond acceptors (Lipinski definition) is 3. The first-order chi connectivity index (χ1) is 7.22. The fraction of sp³-hybridized carbons (Fsp3) is 0.750. The molecule has 0 fully saturated rings. The maximum atomic E-state index is 11.4. The molecule has 1 rings (SSSR count). The van der Waals surface area contributed by atoms with Gasteiger partial charge in [0.05, 0.1) is 6.10 Å². The summed E-state index contributed by atoms with van der Waals surface area (Å²) in [6.07, 6.45) is 7.61. The average molecular weight is 212 g/mol. The minimum absolute atomic E-state index is 0.125. The van der Waals surface area contributed by atoms with Crippen molar-refractivity contribution in [3.63, 3.8) is 0 Å². The second-order valence-electron chi connectivity index (χ2n) is 4.02. The Morgan fingerprint density at radius 1 is 1.60 bits per heavy atom. The summed E-state index contributed by atoms with van der Waals surface area (Å²) in [6, 6.07) is 0. The van der Waals surface area contributed by atoms with Crippen LogP contribution in [0.1, 0.15) is 45.4 Å². The number of aliphatic hydroxyl groups excluding tert-OH is 1. The minimum atomic E-state index is -0.479. The first kappa shape index (κ1) is 12.2. The minimum Gasteiger partial charge on any atom is -0.462 e. The fourth-order valence-corrected chi connectivity index (χ4v) is 1.76. The number of cyclic esters (lactones) is 1. The highest BCUT2D eigenvalue weighted by Crippen LogP contribution is 2.14. The van der Waals surface area contributed by atoms with E-state index in [4.69, 9.17) is 4.74 Å².